The molecule has 0 aliphatic heterocycles. The van der Waals surface area contributed by atoms with Gasteiger partial charge in [0.25, 0.3) is 0 Å². The molecular formula is C40H78N2O6. The molecular weight excluding hydrogens is 604 g/mol. The van der Waals surface area contributed by atoms with Crippen molar-refractivity contribution >= 4 is 17.9 Å². The van der Waals surface area contributed by atoms with Crippen molar-refractivity contribution < 1.29 is 28.6 Å². The third-order valence-electron chi connectivity index (χ3n) is 7.87. The molecule has 0 aromatic heterocycles. The second kappa shape index (κ2) is 19.7. The fourth-order valence-corrected chi connectivity index (χ4v) is 7.30. The molecule has 0 amide bonds. The molecule has 0 saturated heterocycles. The van der Waals surface area contributed by atoms with Gasteiger partial charge in [-0.2, -0.15) is 0 Å². The van der Waals surface area contributed by atoms with E-state index in [-0.39, 0.29) is 63.2 Å². The Morgan fingerprint density at radius 3 is 1.02 bits per heavy atom. The maximum Gasteiger partial charge on any atom is 0.307 e. The summed E-state index contributed by atoms with van der Waals surface area (Å²) in [6.07, 6.45) is 4.61. The van der Waals surface area contributed by atoms with Gasteiger partial charge in [0.1, 0.15) is 0 Å². The lowest BCUT2D eigenvalue weighted by Gasteiger charge is -2.32. The molecule has 0 N–H and O–H groups in total. The van der Waals surface area contributed by atoms with E-state index in [9.17, 15) is 14.4 Å². The zero-order chi connectivity index (χ0) is 37.6. The van der Waals surface area contributed by atoms with Crippen molar-refractivity contribution in [3.63, 3.8) is 0 Å². The molecule has 0 radical (unpaired) electrons. The molecule has 0 saturated carbocycles. The van der Waals surface area contributed by atoms with Gasteiger partial charge in [0.05, 0.1) is 39.1 Å². The standard InChI is InChI=1S/C40H78N2O6/c1-35(2,3)26-38(10,11)29-46-32(43)18-23-41(16)21-17-22-42(24-19-33(44)47-30-39(12,13)27-36(4,5)6)25-20-34(45)48-31-40(14,15)28-37(7,8)9/h17-31H2,1-16H3. The summed E-state index contributed by atoms with van der Waals surface area (Å²) in [5.74, 6) is -0.594. The normalized spacial score (nSPS) is 13.6. The molecule has 0 aromatic carbocycles. The SMILES string of the molecule is CN(CCCN(CCC(=O)OCC(C)(C)CC(C)(C)C)CCC(=O)OCC(C)(C)CC(C)(C)C)CCC(=O)OCC(C)(C)CC(C)(C)C. The van der Waals surface area contributed by atoms with Crippen molar-refractivity contribution in [2.24, 2.45) is 32.5 Å². The van der Waals surface area contributed by atoms with Crippen LogP contribution in [0.15, 0.2) is 0 Å². The number of nitrogens with zero attached hydrogens (tertiary/aromatic N) is 2. The lowest BCUT2D eigenvalue weighted by atomic mass is 9.77. The Morgan fingerprint density at radius 2 is 0.729 bits per heavy atom. The predicted molar refractivity (Wildman–Crippen MR) is 199 cm³/mol. The van der Waals surface area contributed by atoms with E-state index in [4.69, 9.17) is 14.2 Å². The van der Waals surface area contributed by atoms with Crippen molar-refractivity contribution in [3.05, 3.63) is 0 Å². The van der Waals surface area contributed by atoms with Crippen LogP contribution in [0.25, 0.3) is 0 Å². The Labute approximate surface area is 296 Å². The summed E-state index contributed by atoms with van der Waals surface area (Å²) in [5.41, 5.74) is 0.221. The molecule has 8 heteroatoms. The molecule has 8 nitrogen and oxygen atoms in total. The Morgan fingerprint density at radius 1 is 0.438 bits per heavy atom. The number of carbonyl (C=O) groups excluding carboxylic acids is 3. The van der Waals surface area contributed by atoms with Crippen molar-refractivity contribution in [1.29, 1.82) is 0 Å². The number of ether oxygens (including phenoxy) is 3. The quantitative estimate of drug-likeness (QED) is 0.0828. The molecule has 0 spiro atoms. The molecule has 0 rings (SSSR count). The fourth-order valence-electron chi connectivity index (χ4n) is 7.30. The average molecular weight is 683 g/mol. The zero-order valence-electron chi connectivity index (χ0n) is 34.5. The zero-order valence-corrected chi connectivity index (χ0v) is 34.5. The van der Waals surface area contributed by atoms with E-state index in [0.29, 0.717) is 45.9 Å². The van der Waals surface area contributed by atoms with Gasteiger partial charge in [-0.25, -0.2) is 0 Å². The van der Waals surface area contributed by atoms with Gasteiger partial charge in [-0.05, 0) is 78.3 Å². The average Bonchev–Trinajstić information content (AvgIpc) is 2.85. The van der Waals surface area contributed by atoms with Crippen LogP contribution in [0.5, 0.6) is 0 Å². The van der Waals surface area contributed by atoms with E-state index in [0.717, 1.165) is 38.8 Å². The predicted octanol–water partition coefficient (Wildman–Crippen LogP) is 8.80. The lowest BCUT2D eigenvalue weighted by Crippen LogP contribution is -2.34. The molecule has 0 unspecified atom stereocenters. The van der Waals surface area contributed by atoms with Crippen LogP contribution in [-0.2, 0) is 28.6 Å². The molecule has 0 bridgehead atoms. The highest BCUT2D eigenvalue weighted by molar-refractivity contribution is 5.70. The van der Waals surface area contributed by atoms with Gasteiger partial charge >= 0.3 is 17.9 Å². The summed E-state index contributed by atoms with van der Waals surface area (Å²) < 4.78 is 17.0. The van der Waals surface area contributed by atoms with E-state index in [2.05, 4.69) is 114 Å². The first-order valence-corrected chi connectivity index (χ1v) is 18.4. The highest BCUT2D eigenvalue weighted by atomic mass is 16.5. The van der Waals surface area contributed by atoms with E-state index in [1.807, 2.05) is 7.05 Å². The van der Waals surface area contributed by atoms with Crippen LogP contribution in [0, 0.1) is 32.5 Å². The highest BCUT2D eigenvalue weighted by Gasteiger charge is 2.29. The molecule has 0 heterocycles. The molecule has 0 fully saturated rings. The van der Waals surface area contributed by atoms with Crippen LogP contribution in [0.2, 0.25) is 0 Å². The first-order valence-electron chi connectivity index (χ1n) is 18.4. The smallest absolute Gasteiger partial charge is 0.307 e. The lowest BCUT2D eigenvalue weighted by molar-refractivity contribution is -0.148. The van der Waals surface area contributed by atoms with E-state index >= 15 is 0 Å². The van der Waals surface area contributed by atoms with Crippen LogP contribution in [0.4, 0.5) is 0 Å². The van der Waals surface area contributed by atoms with Gasteiger partial charge < -0.3 is 24.0 Å². The van der Waals surface area contributed by atoms with Gasteiger partial charge in [0, 0.05) is 19.6 Å². The molecule has 0 aliphatic rings. The van der Waals surface area contributed by atoms with Gasteiger partial charge in [-0.1, -0.05) is 104 Å². The van der Waals surface area contributed by atoms with E-state index in [1.54, 1.807) is 0 Å². The van der Waals surface area contributed by atoms with Gasteiger partial charge in [-0.3, -0.25) is 14.4 Å². The minimum atomic E-state index is -0.213. The number of hydrogen-bond acceptors (Lipinski definition) is 8. The topological polar surface area (TPSA) is 85.4 Å². The van der Waals surface area contributed by atoms with Gasteiger partial charge in [0.2, 0.25) is 0 Å². The van der Waals surface area contributed by atoms with Crippen LogP contribution < -0.4 is 0 Å². The molecule has 0 aliphatic carbocycles. The minimum absolute atomic E-state index is 0.0621. The molecule has 0 atom stereocenters. The first-order chi connectivity index (χ1) is 21.5. The van der Waals surface area contributed by atoms with Gasteiger partial charge in [0.15, 0.2) is 0 Å². The maximum absolute atomic E-state index is 12.7. The largest absolute Gasteiger partial charge is 0.465 e. The van der Waals surface area contributed by atoms with E-state index < -0.39 is 0 Å². The van der Waals surface area contributed by atoms with E-state index in [1.165, 1.54) is 0 Å². The number of hydrogen-bond donors (Lipinski definition) is 0. The van der Waals surface area contributed by atoms with Crippen LogP contribution in [0.1, 0.15) is 149 Å². The van der Waals surface area contributed by atoms with Crippen molar-refractivity contribution in [2.45, 2.75) is 149 Å². The summed E-state index contributed by atoms with van der Waals surface area (Å²) >= 11 is 0. The number of rotatable bonds is 22. The Hall–Kier alpha value is -1.67. The first kappa shape index (κ1) is 46.3. The summed E-state index contributed by atoms with van der Waals surface area (Å²) in [7, 11) is 2.01. The maximum atomic E-state index is 12.7. The molecule has 48 heavy (non-hydrogen) atoms. The molecule has 284 valence electrons. The summed E-state index contributed by atoms with van der Waals surface area (Å²) in [4.78, 5) is 42.2. The summed E-state index contributed by atoms with van der Waals surface area (Å²) in [6.45, 7) is 37.0. The summed E-state index contributed by atoms with van der Waals surface area (Å²) in [6, 6.07) is 0. The Bertz CT molecular complexity index is 918. The highest BCUT2D eigenvalue weighted by Crippen LogP contribution is 2.35. The fraction of sp³-hybridized carbons (Fsp3) is 0.925. The monoisotopic (exact) mass is 683 g/mol. The Kier molecular flexibility index (Phi) is 19.0. The second-order valence-electron chi connectivity index (χ2n) is 20.4. The van der Waals surface area contributed by atoms with Crippen LogP contribution in [-0.4, -0.2) is 87.3 Å². The second-order valence-corrected chi connectivity index (χ2v) is 20.4. The van der Waals surface area contributed by atoms with Crippen molar-refractivity contribution in [2.75, 3.05) is 59.6 Å². The minimum Gasteiger partial charge on any atom is -0.465 e. The van der Waals surface area contributed by atoms with Crippen LogP contribution in [0.3, 0.4) is 0 Å². The third kappa shape index (κ3) is 27.2. The van der Waals surface area contributed by atoms with Crippen LogP contribution >= 0.6 is 0 Å². The number of esters is 3. The molecule has 0 aromatic rings. The van der Waals surface area contributed by atoms with Crippen molar-refractivity contribution in [3.8, 4) is 0 Å². The Balaban J connectivity index is 5.00. The third-order valence-corrected chi connectivity index (χ3v) is 7.87. The van der Waals surface area contributed by atoms with Crippen molar-refractivity contribution in [1.82, 2.24) is 9.80 Å². The summed E-state index contributed by atoms with van der Waals surface area (Å²) in [5, 5.41) is 0. The van der Waals surface area contributed by atoms with Gasteiger partial charge in [-0.15, -0.1) is 0 Å². The number of carbonyl (C=O) groups is 3.